The molecule has 0 saturated heterocycles. The van der Waals surface area contributed by atoms with Gasteiger partial charge in [0.15, 0.2) is 0 Å². The highest BCUT2D eigenvalue weighted by molar-refractivity contribution is 6.31. The summed E-state index contributed by atoms with van der Waals surface area (Å²) in [5, 5.41) is 14.8. The zero-order valence-electron chi connectivity index (χ0n) is 18.4. The third kappa shape index (κ3) is 5.05. The fourth-order valence-electron chi connectivity index (χ4n) is 4.18. The van der Waals surface area contributed by atoms with Crippen LogP contribution in [0.4, 0.5) is 10.5 Å². The minimum Gasteiger partial charge on any atom is -0.478 e. The number of halogens is 1. The van der Waals surface area contributed by atoms with Crippen LogP contribution in [0.5, 0.6) is 0 Å². The average Bonchev–Trinajstić information content (AvgIpc) is 3.11. The summed E-state index contributed by atoms with van der Waals surface area (Å²) in [7, 11) is 0. The molecular formula is C26H23ClN2O5. The third-order valence-corrected chi connectivity index (χ3v) is 5.92. The van der Waals surface area contributed by atoms with Crippen LogP contribution in [0.2, 0.25) is 5.02 Å². The second-order valence-electron chi connectivity index (χ2n) is 8.12. The molecule has 0 heterocycles. The third-order valence-electron chi connectivity index (χ3n) is 5.69. The van der Waals surface area contributed by atoms with Crippen molar-refractivity contribution in [2.45, 2.75) is 25.3 Å². The highest BCUT2D eigenvalue weighted by Gasteiger charge is 2.29. The number of aromatic carboxylic acids is 1. The van der Waals surface area contributed by atoms with Crippen molar-refractivity contribution in [2.24, 2.45) is 0 Å². The van der Waals surface area contributed by atoms with Gasteiger partial charge in [0, 0.05) is 23.4 Å². The van der Waals surface area contributed by atoms with E-state index in [1.807, 2.05) is 36.4 Å². The number of amides is 2. The quantitative estimate of drug-likeness (QED) is 0.427. The summed E-state index contributed by atoms with van der Waals surface area (Å²) < 4.78 is 5.50. The van der Waals surface area contributed by atoms with Crippen LogP contribution >= 0.6 is 11.6 Å². The summed E-state index contributed by atoms with van der Waals surface area (Å²) in [5.74, 6) is -1.71. The Morgan fingerprint density at radius 1 is 1.00 bits per heavy atom. The van der Waals surface area contributed by atoms with Crippen molar-refractivity contribution >= 4 is 35.3 Å². The van der Waals surface area contributed by atoms with Gasteiger partial charge in [-0.1, -0.05) is 60.1 Å². The number of carbonyl (C=O) groups is 3. The number of alkyl carbamates (subject to hydrolysis) is 1. The highest BCUT2D eigenvalue weighted by Crippen LogP contribution is 2.44. The molecule has 3 aromatic rings. The number of nitrogens with one attached hydrogen (secondary N) is 2. The number of carboxylic acids is 1. The molecule has 0 spiro atoms. The lowest BCUT2D eigenvalue weighted by Crippen LogP contribution is -2.36. The molecule has 0 radical (unpaired) electrons. The molecule has 0 fully saturated rings. The van der Waals surface area contributed by atoms with Crippen molar-refractivity contribution in [2.75, 3.05) is 11.9 Å². The molecule has 0 bridgehead atoms. The van der Waals surface area contributed by atoms with Gasteiger partial charge in [0.2, 0.25) is 5.91 Å². The van der Waals surface area contributed by atoms with Crippen LogP contribution in [-0.2, 0) is 9.53 Å². The lowest BCUT2D eigenvalue weighted by atomic mass is 9.98. The van der Waals surface area contributed by atoms with E-state index in [4.69, 9.17) is 16.3 Å². The summed E-state index contributed by atoms with van der Waals surface area (Å²) in [4.78, 5) is 36.1. The molecule has 1 aliphatic carbocycles. The fraction of sp³-hybridized carbons (Fsp3) is 0.192. The first-order valence-corrected chi connectivity index (χ1v) is 11.2. The molecule has 3 aromatic carbocycles. The highest BCUT2D eigenvalue weighted by atomic mass is 35.5. The Hall–Kier alpha value is -3.84. The topological polar surface area (TPSA) is 105 Å². The van der Waals surface area contributed by atoms with E-state index in [1.165, 1.54) is 18.2 Å². The zero-order chi connectivity index (χ0) is 24.2. The van der Waals surface area contributed by atoms with Crippen LogP contribution in [-0.4, -0.2) is 35.7 Å². The van der Waals surface area contributed by atoms with E-state index in [0.717, 1.165) is 22.3 Å². The number of benzene rings is 3. The minimum absolute atomic E-state index is 0.0611. The molecule has 1 aliphatic rings. The smallest absolute Gasteiger partial charge is 0.407 e. The van der Waals surface area contributed by atoms with Crippen molar-refractivity contribution < 1.29 is 24.2 Å². The van der Waals surface area contributed by atoms with Crippen molar-refractivity contribution in [3.8, 4) is 11.1 Å². The predicted octanol–water partition coefficient (Wildman–Crippen LogP) is 5.29. The van der Waals surface area contributed by atoms with Crippen molar-refractivity contribution in [1.82, 2.24) is 5.32 Å². The van der Waals surface area contributed by atoms with Crippen molar-refractivity contribution in [1.29, 1.82) is 0 Å². The van der Waals surface area contributed by atoms with E-state index in [-0.39, 0.29) is 30.2 Å². The largest absolute Gasteiger partial charge is 0.478 e. The van der Waals surface area contributed by atoms with Crippen LogP contribution in [0, 0.1) is 0 Å². The Morgan fingerprint density at radius 2 is 1.62 bits per heavy atom. The second-order valence-corrected chi connectivity index (χ2v) is 8.55. The molecule has 174 valence electrons. The van der Waals surface area contributed by atoms with Crippen molar-refractivity contribution in [3.05, 3.63) is 88.4 Å². The van der Waals surface area contributed by atoms with Gasteiger partial charge >= 0.3 is 12.1 Å². The molecule has 7 nitrogen and oxygen atoms in total. The van der Waals surface area contributed by atoms with Gasteiger partial charge in [-0.2, -0.15) is 0 Å². The van der Waals surface area contributed by atoms with E-state index in [9.17, 15) is 19.5 Å². The van der Waals surface area contributed by atoms with Crippen LogP contribution in [0.25, 0.3) is 11.1 Å². The minimum atomic E-state index is -1.18. The lowest BCUT2D eigenvalue weighted by Gasteiger charge is -2.17. The molecular weight excluding hydrogens is 456 g/mol. The zero-order valence-corrected chi connectivity index (χ0v) is 19.1. The summed E-state index contributed by atoms with van der Waals surface area (Å²) in [6, 6.07) is 19.7. The normalized spacial score (nSPS) is 12.9. The van der Waals surface area contributed by atoms with E-state index in [0.29, 0.717) is 5.02 Å². The summed E-state index contributed by atoms with van der Waals surface area (Å²) >= 11 is 5.91. The Balaban J connectivity index is 1.33. The molecule has 0 saturated carbocycles. The maximum atomic E-state index is 12.4. The SMILES string of the molecule is CC(CC(=O)Nc1cc(Cl)ccc1C(=O)O)NC(=O)OCC1c2ccccc2-c2ccccc21. The van der Waals surface area contributed by atoms with Gasteiger partial charge in [-0.05, 0) is 47.4 Å². The Kier molecular flexibility index (Phi) is 6.84. The fourth-order valence-corrected chi connectivity index (χ4v) is 4.35. The second kappa shape index (κ2) is 9.97. The van der Waals surface area contributed by atoms with E-state index in [2.05, 4.69) is 22.8 Å². The number of anilines is 1. The molecule has 3 N–H and O–H groups in total. The van der Waals surface area contributed by atoms with Gasteiger partial charge < -0.3 is 20.5 Å². The average molecular weight is 479 g/mol. The molecule has 2 amide bonds. The van der Waals surface area contributed by atoms with Crippen LogP contribution in [0.1, 0.15) is 40.7 Å². The molecule has 4 rings (SSSR count). The number of hydrogen-bond donors (Lipinski definition) is 3. The van der Waals surface area contributed by atoms with Crippen LogP contribution in [0.3, 0.4) is 0 Å². The number of rotatable bonds is 7. The number of hydrogen-bond acceptors (Lipinski definition) is 4. The lowest BCUT2D eigenvalue weighted by molar-refractivity contribution is -0.116. The molecule has 8 heteroatoms. The standard InChI is InChI=1S/C26H23ClN2O5/c1-15(12-24(30)29-23-13-16(27)10-11-21(23)25(31)32)28-26(33)34-14-22-19-8-4-2-6-17(19)18-7-3-5-9-20(18)22/h2-11,13,15,22H,12,14H2,1H3,(H,28,33)(H,29,30)(H,31,32). The Morgan fingerprint density at radius 3 is 2.24 bits per heavy atom. The van der Waals surface area contributed by atoms with Gasteiger partial charge in [-0.25, -0.2) is 9.59 Å². The first kappa shape index (κ1) is 23.3. The summed E-state index contributed by atoms with van der Waals surface area (Å²) in [6.45, 7) is 1.83. The Bertz CT molecular complexity index is 1210. The van der Waals surface area contributed by atoms with Crippen LogP contribution < -0.4 is 10.6 Å². The van der Waals surface area contributed by atoms with Gasteiger partial charge in [0.25, 0.3) is 0 Å². The molecule has 1 atom stereocenters. The van der Waals surface area contributed by atoms with Gasteiger partial charge in [-0.3, -0.25) is 4.79 Å². The van der Waals surface area contributed by atoms with E-state index in [1.54, 1.807) is 6.92 Å². The molecule has 1 unspecified atom stereocenters. The summed E-state index contributed by atoms with van der Waals surface area (Å²) in [5.41, 5.74) is 4.52. The first-order valence-electron chi connectivity index (χ1n) is 10.8. The summed E-state index contributed by atoms with van der Waals surface area (Å²) in [6.07, 6.45) is -0.702. The van der Waals surface area contributed by atoms with Crippen molar-refractivity contribution in [3.63, 3.8) is 0 Å². The first-order chi connectivity index (χ1) is 16.3. The van der Waals surface area contributed by atoms with Crippen LogP contribution in [0.15, 0.2) is 66.7 Å². The van der Waals surface area contributed by atoms with E-state index >= 15 is 0 Å². The monoisotopic (exact) mass is 478 g/mol. The maximum Gasteiger partial charge on any atom is 0.407 e. The molecule has 0 aromatic heterocycles. The van der Waals surface area contributed by atoms with Gasteiger partial charge in [0.05, 0.1) is 11.3 Å². The number of fused-ring (bicyclic) bond motifs is 3. The van der Waals surface area contributed by atoms with E-state index < -0.39 is 24.0 Å². The number of ether oxygens (including phenoxy) is 1. The molecule has 34 heavy (non-hydrogen) atoms. The maximum absolute atomic E-state index is 12.4. The number of carbonyl (C=O) groups excluding carboxylic acids is 2. The molecule has 0 aliphatic heterocycles. The number of carboxylic acid groups (broad SMARTS) is 1. The van der Waals surface area contributed by atoms with Gasteiger partial charge in [0.1, 0.15) is 6.61 Å². The van der Waals surface area contributed by atoms with Gasteiger partial charge in [-0.15, -0.1) is 0 Å². The predicted molar refractivity (Wildman–Crippen MR) is 129 cm³/mol. The Labute approximate surface area is 201 Å².